The topological polar surface area (TPSA) is 162 Å². The number of thioether (sulfide) groups is 1. The molecule has 0 bridgehead atoms. The second-order valence-corrected chi connectivity index (χ2v) is 11.8. The number of nitrogen functional groups attached to an aromatic ring is 1. The molecule has 0 radical (unpaired) electrons. The van der Waals surface area contributed by atoms with Gasteiger partial charge in [0.05, 0.1) is 11.6 Å². The Balaban J connectivity index is 0.000000617. The van der Waals surface area contributed by atoms with E-state index in [1.165, 1.54) is 0 Å². The van der Waals surface area contributed by atoms with Crippen molar-refractivity contribution in [1.82, 2.24) is 30.8 Å². The van der Waals surface area contributed by atoms with E-state index in [0.717, 1.165) is 38.2 Å². The maximum Gasteiger partial charge on any atom is 0.490 e. The Labute approximate surface area is 275 Å². The predicted molar refractivity (Wildman–Crippen MR) is 173 cm³/mol. The van der Waals surface area contributed by atoms with Crippen molar-refractivity contribution in [2.45, 2.75) is 37.0 Å². The number of carboxylic acids is 1. The van der Waals surface area contributed by atoms with Crippen molar-refractivity contribution in [2.24, 2.45) is 0 Å². The number of alkyl halides is 3. The Morgan fingerprint density at radius 2 is 1.80 bits per heavy atom. The number of fused-ring (bicyclic) bond motifs is 1. The molecular weight excluding hydrogens is 666 g/mol. The van der Waals surface area contributed by atoms with Crippen molar-refractivity contribution in [3.8, 4) is 11.3 Å². The number of nitrogens with zero attached hydrogens (tertiary/aromatic N) is 2. The molecule has 1 atom stereocenters. The lowest BCUT2D eigenvalue weighted by Gasteiger charge is -2.18. The Morgan fingerprint density at radius 3 is 2.48 bits per heavy atom. The molecule has 2 aromatic heterocycles. The first kappa shape index (κ1) is 34.5. The van der Waals surface area contributed by atoms with Gasteiger partial charge in [-0.25, -0.2) is 14.6 Å². The highest BCUT2D eigenvalue weighted by molar-refractivity contribution is 7.99. The van der Waals surface area contributed by atoms with Crippen molar-refractivity contribution in [3.63, 3.8) is 0 Å². The van der Waals surface area contributed by atoms with E-state index in [1.807, 2.05) is 66.7 Å². The molecule has 10 nitrogen and oxygen atoms in total. The van der Waals surface area contributed by atoms with Crippen LogP contribution in [0.25, 0.3) is 22.2 Å². The van der Waals surface area contributed by atoms with Crippen molar-refractivity contribution < 1.29 is 27.9 Å². The number of aliphatic carboxylic acids is 1. The number of aromatic nitrogens is 4. The second-order valence-electron chi connectivity index (χ2n) is 9.71. The Kier molecular flexibility index (Phi) is 11.4. The van der Waals surface area contributed by atoms with E-state index < -0.39 is 18.2 Å². The standard InChI is InChI=1S/C28H27Cl2N7OS.C2HF3O2/c1-2-39-23-11-9-19(29)13-18(23)15-32-28(38)33-22(12-16-6-4-3-5-7-16)27-34-24(25(30)35-27)17-8-10-20-21(14-17)36-37-26(20)31;3-2(4,5)1(6)7/h3-11,13-14,22H,2,12,15H2,1H3,(H,34,35)(H3,31,36,37)(H2,32,33,38);(H,6,7)/t22-;/m0./s1. The van der Waals surface area contributed by atoms with Crippen LogP contribution in [0.3, 0.4) is 0 Å². The SMILES string of the molecule is CCSc1ccc(Cl)cc1CNC(=O)N[C@@H](Cc1ccccc1)c1nc(-c2ccc3c(N)n[nH]c3c2)c(Cl)[nH]1.O=C(O)C(F)(F)F. The predicted octanol–water partition coefficient (Wildman–Crippen LogP) is 7.37. The number of imidazole rings is 1. The molecule has 46 heavy (non-hydrogen) atoms. The van der Waals surface area contributed by atoms with Crippen LogP contribution in [0.4, 0.5) is 23.8 Å². The van der Waals surface area contributed by atoms with Gasteiger partial charge in [-0.2, -0.15) is 18.3 Å². The van der Waals surface area contributed by atoms with Crippen LogP contribution >= 0.6 is 35.0 Å². The fourth-order valence-corrected chi connectivity index (χ4v) is 5.58. The van der Waals surface area contributed by atoms with Crippen LogP contribution < -0.4 is 16.4 Å². The van der Waals surface area contributed by atoms with E-state index in [9.17, 15) is 18.0 Å². The summed E-state index contributed by atoms with van der Waals surface area (Å²) in [5, 5.41) is 22.0. The van der Waals surface area contributed by atoms with Crippen LogP contribution in [-0.4, -0.2) is 49.2 Å². The van der Waals surface area contributed by atoms with E-state index in [1.54, 1.807) is 11.8 Å². The third-order valence-electron chi connectivity index (χ3n) is 6.47. The fourth-order valence-electron chi connectivity index (χ4n) is 4.35. The molecule has 0 fully saturated rings. The number of halogens is 5. The zero-order valence-electron chi connectivity index (χ0n) is 24.1. The molecule has 0 aliphatic carbocycles. The summed E-state index contributed by atoms with van der Waals surface area (Å²) in [6, 6.07) is 20.5. The van der Waals surface area contributed by atoms with E-state index in [0.29, 0.717) is 40.5 Å². The highest BCUT2D eigenvalue weighted by Crippen LogP contribution is 2.31. The lowest BCUT2D eigenvalue weighted by molar-refractivity contribution is -0.192. The molecule has 5 aromatic rings. The van der Waals surface area contributed by atoms with Gasteiger partial charge >= 0.3 is 18.2 Å². The lowest BCUT2D eigenvalue weighted by atomic mass is 10.1. The number of benzene rings is 3. The van der Waals surface area contributed by atoms with Crippen LogP contribution in [0.2, 0.25) is 10.2 Å². The molecule has 5 rings (SSSR count). The number of urea groups is 1. The smallest absolute Gasteiger partial charge is 0.475 e. The minimum Gasteiger partial charge on any atom is -0.475 e. The molecule has 0 spiro atoms. The molecule has 0 saturated heterocycles. The molecule has 0 aliphatic rings. The fraction of sp³-hybridized carbons (Fsp3) is 0.200. The lowest BCUT2D eigenvalue weighted by Crippen LogP contribution is -2.38. The van der Waals surface area contributed by atoms with Gasteiger partial charge < -0.3 is 26.5 Å². The van der Waals surface area contributed by atoms with Gasteiger partial charge in [0.1, 0.15) is 16.7 Å². The summed E-state index contributed by atoms with van der Waals surface area (Å²) in [5.74, 6) is -0.861. The number of aromatic amines is 2. The van der Waals surface area contributed by atoms with Gasteiger partial charge in [-0.05, 0) is 53.6 Å². The van der Waals surface area contributed by atoms with Crippen molar-refractivity contribution in [1.29, 1.82) is 0 Å². The number of amides is 2. The number of carboxylic acid groups (broad SMARTS) is 1. The van der Waals surface area contributed by atoms with Gasteiger partial charge in [0.25, 0.3) is 0 Å². The van der Waals surface area contributed by atoms with Crippen LogP contribution in [0.15, 0.2) is 71.6 Å². The van der Waals surface area contributed by atoms with Gasteiger partial charge in [-0.1, -0.05) is 66.5 Å². The normalized spacial score (nSPS) is 11.9. The van der Waals surface area contributed by atoms with E-state index in [-0.39, 0.29) is 6.03 Å². The van der Waals surface area contributed by atoms with Gasteiger partial charge in [0, 0.05) is 27.4 Å². The molecule has 0 unspecified atom stereocenters. The van der Waals surface area contributed by atoms with E-state index in [2.05, 4.69) is 32.7 Å². The van der Waals surface area contributed by atoms with Crippen LogP contribution in [0, 0.1) is 0 Å². The Bertz CT molecular complexity index is 1820. The molecule has 7 N–H and O–H groups in total. The summed E-state index contributed by atoms with van der Waals surface area (Å²) >= 11 is 14.5. The summed E-state index contributed by atoms with van der Waals surface area (Å²) in [5.41, 5.74) is 10.1. The zero-order valence-corrected chi connectivity index (χ0v) is 26.4. The molecule has 2 heterocycles. The maximum atomic E-state index is 13.1. The number of carbonyl (C=O) groups excluding carboxylic acids is 1. The summed E-state index contributed by atoms with van der Waals surface area (Å²) < 4.78 is 31.7. The molecule has 0 aliphatic heterocycles. The van der Waals surface area contributed by atoms with E-state index >= 15 is 0 Å². The highest BCUT2D eigenvalue weighted by atomic mass is 35.5. The van der Waals surface area contributed by atoms with Crippen molar-refractivity contribution >= 4 is 63.7 Å². The van der Waals surface area contributed by atoms with Gasteiger partial charge in [-0.15, -0.1) is 11.8 Å². The summed E-state index contributed by atoms with van der Waals surface area (Å²) in [4.78, 5) is 31.0. The number of hydrogen-bond acceptors (Lipinski definition) is 6. The van der Waals surface area contributed by atoms with E-state index in [4.69, 9.17) is 43.8 Å². The molecule has 242 valence electrons. The Hall–Kier alpha value is -4.40. The summed E-state index contributed by atoms with van der Waals surface area (Å²) in [7, 11) is 0. The third-order valence-corrected chi connectivity index (χ3v) is 7.97. The number of H-pyrrole nitrogens is 2. The first-order valence-corrected chi connectivity index (χ1v) is 15.4. The van der Waals surface area contributed by atoms with Crippen LogP contribution in [0.1, 0.15) is 29.9 Å². The summed E-state index contributed by atoms with van der Waals surface area (Å²) in [6.07, 6.45) is -4.57. The minimum atomic E-state index is -5.08. The first-order valence-electron chi connectivity index (χ1n) is 13.6. The average molecular weight is 695 g/mol. The number of nitrogens with one attached hydrogen (secondary N) is 4. The van der Waals surface area contributed by atoms with Crippen molar-refractivity contribution in [2.75, 3.05) is 11.5 Å². The zero-order chi connectivity index (χ0) is 33.4. The number of hydrogen-bond donors (Lipinski definition) is 6. The molecule has 0 saturated carbocycles. The van der Waals surface area contributed by atoms with Crippen molar-refractivity contribution in [3.05, 3.63) is 93.9 Å². The third kappa shape index (κ3) is 9.08. The summed E-state index contributed by atoms with van der Waals surface area (Å²) in [6.45, 7) is 2.42. The number of carbonyl (C=O) groups is 2. The molecular formula is C30H28Cl2F3N7O3S. The first-order chi connectivity index (χ1) is 21.8. The van der Waals surface area contributed by atoms with Gasteiger partial charge in [-0.3, -0.25) is 5.10 Å². The number of anilines is 1. The largest absolute Gasteiger partial charge is 0.490 e. The number of rotatable bonds is 9. The quantitative estimate of drug-likeness (QED) is 0.0878. The number of nitrogens with two attached hydrogens (primary N) is 1. The Morgan fingerprint density at radius 1 is 1.09 bits per heavy atom. The van der Waals surface area contributed by atoms with Gasteiger partial charge in [0.2, 0.25) is 0 Å². The molecule has 3 aromatic carbocycles. The van der Waals surface area contributed by atoms with Crippen LogP contribution in [-0.2, 0) is 17.8 Å². The second kappa shape index (κ2) is 15.3. The minimum absolute atomic E-state index is 0.327. The highest BCUT2D eigenvalue weighted by Gasteiger charge is 2.38. The average Bonchev–Trinajstić information content (AvgIpc) is 3.59. The maximum absolute atomic E-state index is 13.1. The molecule has 2 amide bonds. The van der Waals surface area contributed by atoms with Crippen LogP contribution in [0.5, 0.6) is 0 Å². The van der Waals surface area contributed by atoms with Gasteiger partial charge in [0.15, 0.2) is 5.82 Å². The molecule has 16 heteroatoms. The monoisotopic (exact) mass is 693 g/mol.